The highest BCUT2D eigenvalue weighted by atomic mass is 19.1. The quantitative estimate of drug-likeness (QED) is 0.760. The fourth-order valence-corrected chi connectivity index (χ4v) is 2.47. The van der Waals surface area contributed by atoms with E-state index in [-0.39, 0.29) is 12.4 Å². The van der Waals surface area contributed by atoms with Gasteiger partial charge in [0.25, 0.3) is 0 Å². The lowest BCUT2D eigenvalue weighted by atomic mass is 10.1. The van der Waals surface area contributed by atoms with Crippen LogP contribution in [0.1, 0.15) is 32.3 Å². The number of rotatable bonds is 8. The van der Waals surface area contributed by atoms with E-state index < -0.39 is 0 Å². The standard InChI is InChI=1S/C15H25FN2O/c1-4-14(5-2)18(6-7-19)15-9-12(11-17-3)8-13(16)10-15/h8-10,14,17,19H,4-7,11H2,1-3H3. The fraction of sp³-hybridized carbons (Fsp3) is 0.600. The predicted octanol–water partition coefficient (Wildman–Crippen LogP) is 2.53. The molecule has 0 radical (unpaired) electrons. The molecule has 2 N–H and O–H groups in total. The summed E-state index contributed by atoms with van der Waals surface area (Å²) in [6, 6.07) is 5.42. The van der Waals surface area contributed by atoms with Crippen LogP contribution in [0.4, 0.5) is 10.1 Å². The lowest BCUT2D eigenvalue weighted by Crippen LogP contribution is -2.37. The number of nitrogens with one attached hydrogen (secondary N) is 1. The molecule has 0 spiro atoms. The molecule has 0 fully saturated rings. The molecule has 1 rings (SSSR count). The number of aliphatic hydroxyl groups excluding tert-OH is 1. The third-order valence-corrected chi connectivity index (χ3v) is 3.38. The maximum Gasteiger partial charge on any atom is 0.125 e. The molecule has 108 valence electrons. The van der Waals surface area contributed by atoms with E-state index in [2.05, 4.69) is 24.1 Å². The first-order chi connectivity index (χ1) is 9.15. The zero-order chi connectivity index (χ0) is 14.3. The van der Waals surface area contributed by atoms with Crippen LogP contribution in [-0.4, -0.2) is 31.3 Å². The molecule has 0 unspecified atom stereocenters. The van der Waals surface area contributed by atoms with Gasteiger partial charge < -0.3 is 15.3 Å². The SMILES string of the molecule is CCC(CC)N(CCO)c1cc(F)cc(CNC)c1. The van der Waals surface area contributed by atoms with Gasteiger partial charge in [-0.1, -0.05) is 13.8 Å². The van der Waals surface area contributed by atoms with Crippen LogP contribution in [0.5, 0.6) is 0 Å². The van der Waals surface area contributed by atoms with E-state index in [9.17, 15) is 9.50 Å². The van der Waals surface area contributed by atoms with Gasteiger partial charge >= 0.3 is 0 Å². The van der Waals surface area contributed by atoms with E-state index in [1.165, 1.54) is 0 Å². The van der Waals surface area contributed by atoms with Crippen LogP contribution >= 0.6 is 0 Å². The van der Waals surface area contributed by atoms with Crippen molar-refractivity contribution in [3.8, 4) is 0 Å². The molecule has 0 aromatic heterocycles. The van der Waals surface area contributed by atoms with E-state index in [1.54, 1.807) is 12.1 Å². The van der Waals surface area contributed by atoms with E-state index in [0.717, 1.165) is 24.1 Å². The second kappa shape index (κ2) is 8.12. The van der Waals surface area contributed by atoms with Crippen LogP contribution in [0, 0.1) is 5.82 Å². The van der Waals surface area contributed by atoms with Crippen LogP contribution in [-0.2, 0) is 6.54 Å². The Bertz CT molecular complexity index is 380. The second-order valence-corrected chi connectivity index (χ2v) is 4.74. The minimum absolute atomic E-state index is 0.0778. The molecule has 0 aliphatic carbocycles. The Morgan fingerprint density at radius 1 is 1.26 bits per heavy atom. The van der Waals surface area contributed by atoms with Crippen LogP contribution in [0.15, 0.2) is 18.2 Å². The maximum atomic E-state index is 13.7. The first-order valence-electron chi connectivity index (χ1n) is 6.97. The maximum absolute atomic E-state index is 13.7. The summed E-state index contributed by atoms with van der Waals surface area (Å²) in [5.74, 6) is -0.225. The zero-order valence-corrected chi connectivity index (χ0v) is 12.1. The average Bonchev–Trinajstić information content (AvgIpc) is 2.38. The normalized spacial score (nSPS) is 11.1. The highest BCUT2D eigenvalue weighted by molar-refractivity contribution is 5.50. The first kappa shape index (κ1) is 15.9. The smallest absolute Gasteiger partial charge is 0.125 e. The Labute approximate surface area is 115 Å². The van der Waals surface area contributed by atoms with Gasteiger partial charge in [0.1, 0.15) is 5.82 Å². The van der Waals surface area contributed by atoms with E-state index >= 15 is 0 Å². The van der Waals surface area contributed by atoms with Crippen LogP contribution in [0.25, 0.3) is 0 Å². The zero-order valence-electron chi connectivity index (χ0n) is 12.1. The molecule has 3 nitrogen and oxygen atoms in total. The number of hydrogen-bond acceptors (Lipinski definition) is 3. The summed E-state index contributed by atoms with van der Waals surface area (Å²) in [5, 5.41) is 12.3. The number of nitrogens with zero attached hydrogens (tertiary/aromatic N) is 1. The van der Waals surface area contributed by atoms with Gasteiger partial charge in [0, 0.05) is 24.8 Å². The molecule has 0 bridgehead atoms. The Balaban J connectivity index is 3.06. The lowest BCUT2D eigenvalue weighted by molar-refractivity contribution is 0.296. The van der Waals surface area contributed by atoms with Crippen LogP contribution in [0.3, 0.4) is 0 Å². The summed E-state index contributed by atoms with van der Waals surface area (Å²) >= 11 is 0. The van der Waals surface area contributed by atoms with Gasteiger partial charge in [0.05, 0.1) is 6.61 Å². The van der Waals surface area contributed by atoms with E-state index in [0.29, 0.717) is 19.1 Å². The van der Waals surface area contributed by atoms with Crippen molar-refractivity contribution in [1.82, 2.24) is 5.32 Å². The van der Waals surface area contributed by atoms with Crippen molar-refractivity contribution in [3.63, 3.8) is 0 Å². The topological polar surface area (TPSA) is 35.5 Å². The molecule has 0 aliphatic rings. The number of anilines is 1. The molecule has 0 amide bonds. The molecular formula is C15H25FN2O. The monoisotopic (exact) mass is 268 g/mol. The lowest BCUT2D eigenvalue weighted by Gasteiger charge is -2.32. The Kier molecular flexibility index (Phi) is 6.81. The van der Waals surface area contributed by atoms with Gasteiger partial charge in [0.2, 0.25) is 0 Å². The average molecular weight is 268 g/mol. The minimum Gasteiger partial charge on any atom is -0.395 e. The summed E-state index contributed by atoms with van der Waals surface area (Å²) in [7, 11) is 1.84. The van der Waals surface area contributed by atoms with Crippen molar-refractivity contribution >= 4 is 5.69 Å². The Hall–Kier alpha value is -1.13. The van der Waals surface area contributed by atoms with Crippen LogP contribution in [0.2, 0.25) is 0 Å². The molecule has 4 heteroatoms. The van der Waals surface area contributed by atoms with Gasteiger partial charge in [-0.2, -0.15) is 0 Å². The van der Waals surface area contributed by atoms with Crippen molar-refractivity contribution in [2.24, 2.45) is 0 Å². The molecule has 0 saturated heterocycles. The molecule has 0 heterocycles. The minimum atomic E-state index is -0.225. The highest BCUT2D eigenvalue weighted by Crippen LogP contribution is 2.23. The Morgan fingerprint density at radius 3 is 2.47 bits per heavy atom. The van der Waals surface area contributed by atoms with Gasteiger partial charge in [-0.25, -0.2) is 4.39 Å². The summed E-state index contributed by atoms with van der Waals surface area (Å²) in [4.78, 5) is 2.10. The summed E-state index contributed by atoms with van der Waals surface area (Å²) in [6.07, 6.45) is 1.96. The molecular weight excluding hydrogens is 243 g/mol. The van der Waals surface area contributed by atoms with Gasteiger partial charge in [-0.05, 0) is 43.7 Å². The molecule has 0 aliphatic heterocycles. The van der Waals surface area contributed by atoms with Gasteiger partial charge in [0.15, 0.2) is 0 Å². The van der Waals surface area contributed by atoms with E-state index in [1.807, 2.05) is 13.1 Å². The fourth-order valence-electron chi connectivity index (χ4n) is 2.47. The third-order valence-electron chi connectivity index (χ3n) is 3.38. The van der Waals surface area contributed by atoms with Gasteiger partial charge in [-0.3, -0.25) is 0 Å². The number of benzene rings is 1. The van der Waals surface area contributed by atoms with Crippen molar-refractivity contribution in [1.29, 1.82) is 0 Å². The molecule has 1 aromatic carbocycles. The predicted molar refractivity (Wildman–Crippen MR) is 78.0 cm³/mol. The van der Waals surface area contributed by atoms with Crippen molar-refractivity contribution in [2.75, 3.05) is 25.1 Å². The van der Waals surface area contributed by atoms with Crippen molar-refractivity contribution in [3.05, 3.63) is 29.6 Å². The molecule has 0 saturated carbocycles. The number of hydrogen-bond donors (Lipinski definition) is 2. The molecule has 1 aromatic rings. The molecule has 0 atom stereocenters. The second-order valence-electron chi connectivity index (χ2n) is 4.74. The Morgan fingerprint density at radius 2 is 1.95 bits per heavy atom. The summed E-state index contributed by atoms with van der Waals surface area (Å²) < 4.78 is 13.7. The third kappa shape index (κ3) is 4.48. The first-order valence-corrected chi connectivity index (χ1v) is 6.97. The summed E-state index contributed by atoms with van der Waals surface area (Å²) in [5.41, 5.74) is 1.78. The van der Waals surface area contributed by atoms with Crippen molar-refractivity contribution < 1.29 is 9.50 Å². The van der Waals surface area contributed by atoms with Gasteiger partial charge in [-0.15, -0.1) is 0 Å². The number of aliphatic hydroxyl groups is 1. The van der Waals surface area contributed by atoms with E-state index in [4.69, 9.17) is 0 Å². The largest absolute Gasteiger partial charge is 0.395 e. The molecule has 19 heavy (non-hydrogen) atoms. The van der Waals surface area contributed by atoms with Crippen molar-refractivity contribution in [2.45, 2.75) is 39.3 Å². The number of halogens is 1. The highest BCUT2D eigenvalue weighted by Gasteiger charge is 2.16. The summed E-state index contributed by atoms with van der Waals surface area (Å²) in [6.45, 7) is 5.49. The van der Waals surface area contributed by atoms with Crippen LogP contribution < -0.4 is 10.2 Å².